The standard InChI is InChI=1S/C20H19ClN4O3S3/c1-28-15-6-4-13(21)18-17(15)23-20(30-18)25-9-7-24(8-10-25)19-22-14-5-3-12(31(2,26)27)11-16(14)29-19/h3-6,11H,7-10H2,1-2H3. The summed E-state index contributed by atoms with van der Waals surface area (Å²) in [5, 5.41) is 2.53. The topological polar surface area (TPSA) is 75.6 Å². The highest BCUT2D eigenvalue weighted by molar-refractivity contribution is 7.90. The third kappa shape index (κ3) is 3.82. The molecule has 1 aliphatic heterocycles. The van der Waals surface area contributed by atoms with Crippen LogP contribution in [0.3, 0.4) is 0 Å². The van der Waals surface area contributed by atoms with Crippen molar-refractivity contribution < 1.29 is 13.2 Å². The van der Waals surface area contributed by atoms with Gasteiger partial charge in [-0.15, -0.1) is 0 Å². The summed E-state index contributed by atoms with van der Waals surface area (Å²) < 4.78 is 30.9. The number of piperazine rings is 1. The summed E-state index contributed by atoms with van der Waals surface area (Å²) in [5.41, 5.74) is 1.62. The second-order valence-corrected chi connectivity index (χ2v) is 11.7. The Labute approximate surface area is 192 Å². The molecule has 5 rings (SSSR count). The number of benzene rings is 2. The average Bonchev–Trinajstić information content (AvgIpc) is 3.38. The van der Waals surface area contributed by atoms with E-state index in [1.807, 2.05) is 12.1 Å². The Bertz CT molecular complexity index is 1390. The van der Waals surface area contributed by atoms with Gasteiger partial charge in [-0.1, -0.05) is 34.3 Å². The van der Waals surface area contributed by atoms with E-state index in [4.69, 9.17) is 26.3 Å². The Morgan fingerprint density at radius 1 is 1.00 bits per heavy atom. The molecular weight excluding hydrogens is 476 g/mol. The summed E-state index contributed by atoms with van der Waals surface area (Å²) in [6.45, 7) is 3.23. The minimum atomic E-state index is -3.23. The van der Waals surface area contributed by atoms with E-state index < -0.39 is 9.84 Å². The first-order valence-corrected chi connectivity index (χ1v) is 13.5. The lowest BCUT2D eigenvalue weighted by atomic mass is 10.3. The Hall–Kier alpha value is -2.14. The van der Waals surface area contributed by atoms with Crippen molar-refractivity contribution in [3.8, 4) is 5.75 Å². The van der Waals surface area contributed by atoms with Crippen LogP contribution in [0.5, 0.6) is 5.75 Å². The fourth-order valence-electron chi connectivity index (χ4n) is 3.59. The predicted molar refractivity (Wildman–Crippen MR) is 128 cm³/mol. The van der Waals surface area contributed by atoms with Crippen LogP contribution in [0.1, 0.15) is 0 Å². The Balaban J connectivity index is 1.36. The van der Waals surface area contributed by atoms with Crippen LogP contribution in [0.25, 0.3) is 20.4 Å². The van der Waals surface area contributed by atoms with E-state index >= 15 is 0 Å². The van der Waals surface area contributed by atoms with Crippen LogP contribution < -0.4 is 14.5 Å². The fraction of sp³-hybridized carbons (Fsp3) is 0.300. The van der Waals surface area contributed by atoms with Crippen LogP contribution in [0, 0.1) is 0 Å². The molecule has 7 nitrogen and oxygen atoms in total. The highest BCUT2D eigenvalue weighted by Crippen LogP contribution is 2.39. The van der Waals surface area contributed by atoms with Gasteiger partial charge in [0.05, 0.1) is 31.9 Å². The second kappa shape index (κ2) is 7.77. The third-order valence-electron chi connectivity index (χ3n) is 5.26. The Morgan fingerprint density at radius 3 is 2.32 bits per heavy atom. The van der Waals surface area contributed by atoms with E-state index in [2.05, 4.69) is 9.80 Å². The molecule has 11 heteroatoms. The molecule has 0 bridgehead atoms. The number of aromatic nitrogens is 2. The van der Waals surface area contributed by atoms with Crippen molar-refractivity contribution in [2.75, 3.05) is 49.3 Å². The molecule has 0 unspecified atom stereocenters. The number of hydrogen-bond donors (Lipinski definition) is 0. The molecule has 3 heterocycles. The minimum Gasteiger partial charge on any atom is -0.494 e. The van der Waals surface area contributed by atoms with Crippen LogP contribution >= 0.6 is 34.3 Å². The van der Waals surface area contributed by atoms with E-state index in [9.17, 15) is 8.42 Å². The molecular formula is C20H19ClN4O3S3. The van der Waals surface area contributed by atoms with Crippen LogP contribution in [-0.4, -0.2) is 57.9 Å². The molecule has 0 spiro atoms. The zero-order valence-corrected chi connectivity index (χ0v) is 20.0. The summed E-state index contributed by atoms with van der Waals surface area (Å²) in [6.07, 6.45) is 1.22. The number of methoxy groups -OCH3 is 1. The Morgan fingerprint density at radius 2 is 1.68 bits per heavy atom. The van der Waals surface area contributed by atoms with Crippen molar-refractivity contribution in [2.45, 2.75) is 4.90 Å². The van der Waals surface area contributed by atoms with Gasteiger partial charge < -0.3 is 14.5 Å². The highest BCUT2D eigenvalue weighted by atomic mass is 35.5. The van der Waals surface area contributed by atoms with Crippen LogP contribution in [0.4, 0.5) is 10.3 Å². The zero-order valence-electron chi connectivity index (χ0n) is 16.8. The number of anilines is 2. The number of ether oxygens (including phenoxy) is 1. The number of halogens is 1. The maximum atomic E-state index is 11.8. The lowest BCUT2D eigenvalue weighted by molar-refractivity contribution is 0.419. The summed E-state index contributed by atoms with van der Waals surface area (Å²) >= 11 is 9.47. The van der Waals surface area contributed by atoms with E-state index in [0.29, 0.717) is 9.92 Å². The number of nitrogens with zero attached hydrogens (tertiary/aromatic N) is 4. The first kappa shape index (κ1) is 20.7. The lowest BCUT2D eigenvalue weighted by Gasteiger charge is -2.34. The van der Waals surface area contributed by atoms with Gasteiger partial charge >= 0.3 is 0 Å². The molecule has 0 radical (unpaired) electrons. The normalized spacial score (nSPS) is 15.2. The zero-order chi connectivity index (χ0) is 21.8. The predicted octanol–water partition coefficient (Wildman–Crippen LogP) is 4.30. The summed E-state index contributed by atoms with van der Waals surface area (Å²) in [5.74, 6) is 0.725. The van der Waals surface area contributed by atoms with Gasteiger partial charge in [0.2, 0.25) is 0 Å². The quantitative estimate of drug-likeness (QED) is 0.418. The van der Waals surface area contributed by atoms with Gasteiger partial charge in [-0.05, 0) is 30.3 Å². The molecule has 4 aromatic rings. The fourth-order valence-corrected chi connectivity index (χ4v) is 6.67. The maximum Gasteiger partial charge on any atom is 0.186 e. The van der Waals surface area contributed by atoms with E-state index in [1.54, 1.807) is 36.6 Å². The molecule has 31 heavy (non-hydrogen) atoms. The molecule has 0 saturated carbocycles. The molecule has 0 N–H and O–H groups in total. The van der Waals surface area contributed by atoms with Crippen molar-refractivity contribution >= 4 is 74.8 Å². The smallest absolute Gasteiger partial charge is 0.186 e. The summed E-state index contributed by atoms with van der Waals surface area (Å²) in [7, 11) is -1.60. The number of fused-ring (bicyclic) bond motifs is 2. The first-order chi connectivity index (χ1) is 14.8. The van der Waals surface area contributed by atoms with Gasteiger partial charge in [-0.25, -0.2) is 18.4 Å². The van der Waals surface area contributed by atoms with E-state index in [-0.39, 0.29) is 0 Å². The largest absolute Gasteiger partial charge is 0.494 e. The first-order valence-electron chi connectivity index (χ1n) is 9.57. The molecule has 0 aliphatic carbocycles. The molecule has 2 aromatic carbocycles. The highest BCUT2D eigenvalue weighted by Gasteiger charge is 2.23. The monoisotopic (exact) mass is 494 g/mol. The number of thiazole rings is 2. The van der Waals surface area contributed by atoms with E-state index in [0.717, 1.165) is 62.6 Å². The molecule has 2 aromatic heterocycles. The molecule has 1 fully saturated rings. The van der Waals surface area contributed by atoms with Crippen molar-refractivity contribution in [2.24, 2.45) is 0 Å². The summed E-state index contributed by atoms with van der Waals surface area (Å²) in [4.78, 5) is 14.3. The number of rotatable bonds is 4. The van der Waals surface area contributed by atoms with Gasteiger partial charge in [0, 0.05) is 32.4 Å². The molecule has 0 amide bonds. The lowest BCUT2D eigenvalue weighted by Crippen LogP contribution is -2.46. The number of sulfone groups is 1. The van der Waals surface area contributed by atoms with Crippen molar-refractivity contribution in [3.63, 3.8) is 0 Å². The van der Waals surface area contributed by atoms with Crippen LogP contribution in [-0.2, 0) is 9.84 Å². The van der Waals surface area contributed by atoms with Gasteiger partial charge in [-0.3, -0.25) is 0 Å². The van der Waals surface area contributed by atoms with E-state index in [1.165, 1.54) is 17.6 Å². The molecule has 1 saturated heterocycles. The third-order valence-corrected chi connectivity index (χ3v) is 9.03. The van der Waals surface area contributed by atoms with Crippen LogP contribution in [0.15, 0.2) is 35.2 Å². The van der Waals surface area contributed by atoms with Crippen molar-refractivity contribution in [1.82, 2.24) is 9.97 Å². The minimum absolute atomic E-state index is 0.324. The van der Waals surface area contributed by atoms with Crippen LogP contribution in [0.2, 0.25) is 5.02 Å². The number of hydrogen-bond acceptors (Lipinski definition) is 9. The van der Waals surface area contributed by atoms with Gasteiger partial charge in [0.25, 0.3) is 0 Å². The molecule has 1 aliphatic rings. The summed E-state index contributed by atoms with van der Waals surface area (Å²) in [6, 6.07) is 8.78. The second-order valence-electron chi connectivity index (χ2n) is 7.30. The SMILES string of the molecule is COc1ccc(Cl)c2sc(N3CCN(c4nc5ccc(S(C)(=O)=O)cc5s4)CC3)nc12. The van der Waals surface area contributed by atoms with Crippen molar-refractivity contribution in [3.05, 3.63) is 35.4 Å². The average molecular weight is 495 g/mol. The van der Waals surface area contributed by atoms with Gasteiger partial charge in [0.15, 0.2) is 20.1 Å². The van der Waals surface area contributed by atoms with Gasteiger partial charge in [-0.2, -0.15) is 0 Å². The maximum absolute atomic E-state index is 11.8. The molecule has 162 valence electrons. The van der Waals surface area contributed by atoms with Gasteiger partial charge in [0.1, 0.15) is 11.3 Å². The molecule has 0 atom stereocenters. The Kier molecular flexibility index (Phi) is 5.20. The van der Waals surface area contributed by atoms with Crippen molar-refractivity contribution in [1.29, 1.82) is 0 Å².